The normalized spacial score (nSPS) is 17.5. The summed E-state index contributed by atoms with van der Waals surface area (Å²) in [6.07, 6.45) is -3.56. The Balaban J connectivity index is 1.77. The molecule has 1 unspecified atom stereocenters. The predicted molar refractivity (Wildman–Crippen MR) is 66.6 cm³/mol. The maximum Gasteiger partial charge on any atom is 0.414 e. The summed E-state index contributed by atoms with van der Waals surface area (Å²) in [7, 11) is 0. The van der Waals surface area contributed by atoms with Crippen LogP contribution >= 0.6 is 0 Å². The van der Waals surface area contributed by atoms with E-state index in [0.29, 0.717) is 6.04 Å². The average Bonchev–Trinajstić information content (AvgIpc) is 3.17. The molecule has 0 saturated heterocycles. The summed E-state index contributed by atoms with van der Waals surface area (Å²) in [6, 6.07) is 8.12. The minimum atomic E-state index is -4.30. The van der Waals surface area contributed by atoms with Gasteiger partial charge in [0.2, 0.25) is 0 Å². The van der Waals surface area contributed by atoms with Crippen LogP contribution in [0.3, 0.4) is 0 Å². The van der Waals surface area contributed by atoms with Crippen molar-refractivity contribution < 1.29 is 17.9 Å². The lowest BCUT2D eigenvalue weighted by molar-refractivity contribution is -0.217. The van der Waals surface area contributed by atoms with Gasteiger partial charge in [0.1, 0.15) is 0 Å². The topological polar surface area (TPSA) is 21.3 Å². The van der Waals surface area contributed by atoms with E-state index in [2.05, 4.69) is 5.32 Å². The van der Waals surface area contributed by atoms with Crippen molar-refractivity contribution in [3.63, 3.8) is 0 Å². The van der Waals surface area contributed by atoms with Gasteiger partial charge in [0.15, 0.2) is 6.10 Å². The molecule has 0 radical (unpaired) electrons. The van der Waals surface area contributed by atoms with E-state index in [9.17, 15) is 13.2 Å². The zero-order valence-electron chi connectivity index (χ0n) is 10.8. The molecule has 2 rings (SSSR count). The van der Waals surface area contributed by atoms with Crippen LogP contribution in [0.15, 0.2) is 24.3 Å². The van der Waals surface area contributed by atoms with Crippen LogP contribution in [-0.2, 0) is 17.9 Å². The SMILES string of the molecule is CC(OCc1ccc(CNC2CC2)cc1)C(F)(F)F. The molecule has 0 bridgehead atoms. The molecule has 1 saturated carbocycles. The summed E-state index contributed by atoms with van der Waals surface area (Å²) >= 11 is 0. The second kappa shape index (κ2) is 5.92. The van der Waals surface area contributed by atoms with Gasteiger partial charge in [-0.15, -0.1) is 0 Å². The van der Waals surface area contributed by atoms with Gasteiger partial charge in [0.05, 0.1) is 6.61 Å². The fourth-order valence-corrected chi connectivity index (χ4v) is 1.62. The largest absolute Gasteiger partial charge is 0.414 e. The second-order valence-corrected chi connectivity index (χ2v) is 4.97. The molecule has 1 aromatic rings. The Hall–Kier alpha value is -1.07. The molecule has 0 aliphatic heterocycles. The molecular formula is C14H18F3NO. The Morgan fingerprint density at radius 1 is 1.21 bits per heavy atom. The summed E-state index contributed by atoms with van der Waals surface area (Å²) in [5, 5.41) is 3.38. The third kappa shape index (κ3) is 4.84. The van der Waals surface area contributed by atoms with Gasteiger partial charge in [-0.05, 0) is 30.9 Å². The Morgan fingerprint density at radius 2 is 1.79 bits per heavy atom. The monoisotopic (exact) mass is 273 g/mol. The Labute approximate surface area is 111 Å². The average molecular weight is 273 g/mol. The maximum absolute atomic E-state index is 12.3. The number of halogens is 3. The van der Waals surface area contributed by atoms with E-state index in [1.165, 1.54) is 12.8 Å². The zero-order valence-corrected chi connectivity index (χ0v) is 10.8. The van der Waals surface area contributed by atoms with E-state index >= 15 is 0 Å². The zero-order chi connectivity index (χ0) is 13.9. The molecule has 2 nitrogen and oxygen atoms in total. The number of ether oxygens (including phenoxy) is 1. The number of alkyl halides is 3. The van der Waals surface area contributed by atoms with Gasteiger partial charge in [-0.1, -0.05) is 24.3 Å². The highest BCUT2D eigenvalue weighted by Crippen LogP contribution is 2.23. The molecule has 1 aliphatic carbocycles. The van der Waals surface area contributed by atoms with Crippen molar-refractivity contribution in [2.45, 2.75) is 51.2 Å². The van der Waals surface area contributed by atoms with Crippen molar-refractivity contribution in [3.8, 4) is 0 Å². The van der Waals surface area contributed by atoms with Crippen LogP contribution in [0.1, 0.15) is 30.9 Å². The first-order valence-electron chi connectivity index (χ1n) is 6.44. The smallest absolute Gasteiger partial charge is 0.364 e. The van der Waals surface area contributed by atoms with E-state index in [0.717, 1.165) is 24.6 Å². The first-order chi connectivity index (χ1) is 8.95. The van der Waals surface area contributed by atoms with Gasteiger partial charge in [0.25, 0.3) is 0 Å². The third-order valence-corrected chi connectivity index (χ3v) is 3.16. The van der Waals surface area contributed by atoms with E-state index in [-0.39, 0.29) is 6.61 Å². The quantitative estimate of drug-likeness (QED) is 0.857. The van der Waals surface area contributed by atoms with Crippen LogP contribution in [0.25, 0.3) is 0 Å². The van der Waals surface area contributed by atoms with E-state index in [1.807, 2.05) is 24.3 Å². The molecule has 106 valence electrons. The van der Waals surface area contributed by atoms with Crippen LogP contribution < -0.4 is 5.32 Å². The molecule has 0 amide bonds. The van der Waals surface area contributed by atoms with Crippen LogP contribution in [-0.4, -0.2) is 18.3 Å². The highest BCUT2D eigenvalue weighted by molar-refractivity contribution is 5.22. The number of rotatable bonds is 6. The number of nitrogens with one attached hydrogen (secondary N) is 1. The Kier molecular flexibility index (Phi) is 4.47. The second-order valence-electron chi connectivity index (χ2n) is 4.97. The Morgan fingerprint density at radius 3 is 2.32 bits per heavy atom. The minimum absolute atomic E-state index is 0.0169. The summed E-state index contributed by atoms with van der Waals surface area (Å²) in [5.74, 6) is 0. The maximum atomic E-state index is 12.3. The van der Waals surface area contributed by atoms with Gasteiger partial charge < -0.3 is 10.1 Å². The van der Waals surface area contributed by atoms with Gasteiger partial charge in [-0.25, -0.2) is 0 Å². The first kappa shape index (κ1) is 14.3. The van der Waals surface area contributed by atoms with Crippen molar-refractivity contribution in [2.75, 3.05) is 0 Å². The van der Waals surface area contributed by atoms with Crippen molar-refractivity contribution in [3.05, 3.63) is 35.4 Å². The lowest BCUT2D eigenvalue weighted by Crippen LogP contribution is -2.28. The standard InChI is InChI=1S/C14H18F3NO/c1-10(14(15,16)17)19-9-12-4-2-11(3-5-12)8-18-13-6-7-13/h2-5,10,13,18H,6-9H2,1H3. The van der Waals surface area contributed by atoms with E-state index in [1.54, 1.807) is 0 Å². The summed E-state index contributed by atoms with van der Waals surface area (Å²) < 4.78 is 41.6. The highest BCUT2D eigenvalue weighted by atomic mass is 19.4. The van der Waals surface area contributed by atoms with Crippen molar-refractivity contribution in [1.82, 2.24) is 5.32 Å². The predicted octanol–water partition coefficient (Wildman–Crippen LogP) is 3.41. The summed E-state index contributed by atoms with van der Waals surface area (Å²) in [4.78, 5) is 0. The van der Waals surface area contributed by atoms with E-state index in [4.69, 9.17) is 4.74 Å². The molecule has 0 spiro atoms. The van der Waals surface area contributed by atoms with Gasteiger partial charge in [-0.2, -0.15) is 13.2 Å². The van der Waals surface area contributed by atoms with Gasteiger partial charge in [0, 0.05) is 12.6 Å². The first-order valence-corrected chi connectivity index (χ1v) is 6.44. The number of hydrogen-bond donors (Lipinski definition) is 1. The van der Waals surface area contributed by atoms with Crippen molar-refractivity contribution in [1.29, 1.82) is 0 Å². The molecule has 0 heterocycles. The van der Waals surface area contributed by atoms with Crippen LogP contribution in [0.4, 0.5) is 13.2 Å². The molecule has 5 heteroatoms. The number of hydrogen-bond acceptors (Lipinski definition) is 2. The molecule has 1 aromatic carbocycles. The van der Waals surface area contributed by atoms with Crippen LogP contribution in [0.5, 0.6) is 0 Å². The van der Waals surface area contributed by atoms with Crippen LogP contribution in [0.2, 0.25) is 0 Å². The lowest BCUT2D eigenvalue weighted by atomic mass is 10.1. The fourth-order valence-electron chi connectivity index (χ4n) is 1.62. The third-order valence-electron chi connectivity index (χ3n) is 3.16. The molecule has 1 fully saturated rings. The molecule has 0 aromatic heterocycles. The van der Waals surface area contributed by atoms with Crippen molar-refractivity contribution >= 4 is 0 Å². The number of benzene rings is 1. The lowest BCUT2D eigenvalue weighted by Gasteiger charge is -2.16. The highest BCUT2D eigenvalue weighted by Gasteiger charge is 2.36. The van der Waals surface area contributed by atoms with Crippen molar-refractivity contribution in [2.24, 2.45) is 0 Å². The Bertz CT molecular complexity index is 398. The minimum Gasteiger partial charge on any atom is -0.364 e. The molecule has 1 aliphatic rings. The van der Waals surface area contributed by atoms with Gasteiger partial charge >= 0.3 is 6.18 Å². The molecular weight excluding hydrogens is 255 g/mol. The van der Waals surface area contributed by atoms with E-state index < -0.39 is 12.3 Å². The fraction of sp³-hybridized carbons (Fsp3) is 0.571. The molecule has 1 atom stereocenters. The summed E-state index contributed by atoms with van der Waals surface area (Å²) in [6.45, 7) is 1.82. The molecule has 19 heavy (non-hydrogen) atoms. The van der Waals surface area contributed by atoms with Crippen LogP contribution in [0, 0.1) is 0 Å². The summed E-state index contributed by atoms with van der Waals surface area (Å²) in [5.41, 5.74) is 1.89. The molecule has 1 N–H and O–H groups in total. The van der Waals surface area contributed by atoms with Gasteiger partial charge in [-0.3, -0.25) is 0 Å².